The summed E-state index contributed by atoms with van der Waals surface area (Å²) in [7, 11) is 0. The predicted octanol–water partition coefficient (Wildman–Crippen LogP) is 11.8. The third-order valence-corrected chi connectivity index (χ3v) is 9.43. The van der Waals surface area contributed by atoms with E-state index >= 15 is 0 Å². The Bertz CT molecular complexity index is 1930. The summed E-state index contributed by atoms with van der Waals surface area (Å²) in [5.41, 5.74) is 14.7. The van der Waals surface area contributed by atoms with Gasteiger partial charge in [-0.2, -0.15) is 0 Å². The Morgan fingerprint density at radius 2 is 1.13 bits per heavy atom. The third kappa shape index (κ3) is 5.27. The fourth-order valence-corrected chi connectivity index (χ4v) is 7.02. The molecule has 1 aliphatic rings. The number of pyridine rings is 1. The molecule has 2 nitrogen and oxygen atoms in total. The first-order valence-corrected chi connectivity index (χ1v) is 16.0. The first-order chi connectivity index (χ1) is 22.1. The van der Waals surface area contributed by atoms with Gasteiger partial charge in [0.1, 0.15) is 0 Å². The largest absolute Gasteiger partial charge is 0.310 e. The van der Waals surface area contributed by atoms with Crippen molar-refractivity contribution >= 4 is 29.2 Å². The number of aromatic nitrogens is 1. The SMILES string of the molecule is CCC1(CC)c2cc(/C=C/c3ccc(-c4cccc(C)n4)cc3)ccc2-c2ccc(N(c3ccccc3)c3ccccc3)cc21. The van der Waals surface area contributed by atoms with Crippen molar-refractivity contribution in [1.82, 2.24) is 4.98 Å². The Morgan fingerprint density at radius 3 is 1.76 bits per heavy atom. The Balaban J connectivity index is 1.23. The van der Waals surface area contributed by atoms with Gasteiger partial charge in [-0.1, -0.05) is 117 Å². The number of nitrogens with zero attached hydrogens (tertiary/aromatic N) is 2. The van der Waals surface area contributed by atoms with Crippen LogP contribution in [0.4, 0.5) is 17.1 Å². The highest BCUT2D eigenvalue weighted by Crippen LogP contribution is 2.54. The molecule has 0 atom stereocenters. The Kier molecular flexibility index (Phi) is 7.65. The van der Waals surface area contributed by atoms with E-state index in [1.807, 2.05) is 13.0 Å². The molecule has 6 aromatic rings. The van der Waals surface area contributed by atoms with Crippen LogP contribution in [0.25, 0.3) is 34.5 Å². The summed E-state index contributed by atoms with van der Waals surface area (Å²) in [6, 6.07) is 50.3. The highest BCUT2D eigenvalue weighted by atomic mass is 15.1. The zero-order chi connectivity index (χ0) is 30.8. The van der Waals surface area contributed by atoms with Gasteiger partial charge < -0.3 is 4.90 Å². The lowest BCUT2D eigenvalue weighted by Gasteiger charge is -2.32. The third-order valence-electron chi connectivity index (χ3n) is 9.43. The highest BCUT2D eigenvalue weighted by molar-refractivity contribution is 5.87. The van der Waals surface area contributed by atoms with E-state index < -0.39 is 0 Å². The summed E-state index contributed by atoms with van der Waals surface area (Å²) in [6.07, 6.45) is 6.56. The predicted molar refractivity (Wildman–Crippen MR) is 191 cm³/mol. The van der Waals surface area contributed by atoms with Gasteiger partial charge in [-0.25, -0.2) is 0 Å². The van der Waals surface area contributed by atoms with E-state index in [9.17, 15) is 0 Å². The molecule has 7 rings (SSSR count). The summed E-state index contributed by atoms with van der Waals surface area (Å²) in [5.74, 6) is 0. The molecular formula is C43H38N2. The number of anilines is 3. The molecule has 1 aromatic heterocycles. The molecule has 2 heteroatoms. The van der Waals surface area contributed by atoms with E-state index in [1.165, 1.54) is 39.1 Å². The molecule has 0 spiro atoms. The van der Waals surface area contributed by atoms with Crippen molar-refractivity contribution in [3.05, 3.63) is 167 Å². The van der Waals surface area contributed by atoms with Crippen molar-refractivity contribution in [3.8, 4) is 22.4 Å². The average Bonchev–Trinajstić information content (AvgIpc) is 3.37. The summed E-state index contributed by atoms with van der Waals surface area (Å²) in [5, 5.41) is 0. The van der Waals surface area contributed by atoms with Crippen LogP contribution < -0.4 is 4.90 Å². The lowest BCUT2D eigenvalue weighted by Crippen LogP contribution is -2.23. The van der Waals surface area contributed by atoms with Crippen LogP contribution in [-0.4, -0.2) is 4.98 Å². The maximum Gasteiger partial charge on any atom is 0.0705 e. The molecule has 0 unspecified atom stereocenters. The van der Waals surface area contributed by atoms with Crippen molar-refractivity contribution in [2.24, 2.45) is 0 Å². The smallest absolute Gasteiger partial charge is 0.0705 e. The molecule has 1 aliphatic carbocycles. The first kappa shape index (κ1) is 28.6. The summed E-state index contributed by atoms with van der Waals surface area (Å²) < 4.78 is 0. The Hall–Kier alpha value is -5.21. The van der Waals surface area contributed by atoms with E-state index in [0.29, 0.717) is 0 Å². The van der Waals surface area contributed by atoms with Crippen LogP contribution >= 0.6 is 0 Å². The summed E-state index contributed by atoms with van der Waals surface area (Å²) in [6.45, 7) is 6.72. The standard InChI is InChI=1S/C43H38N2/c1-4-43(5-2)40-29-33(20-19-32-21-24-34(25-22-32)42-18-12-13-31(3)44-42)23-27-38(40)39-28-26-37(30-41(39)43)45(35-14-8-6-9-15-35)36-16-10-7-11-17-36/h6-30H,4-5H2,1-3H3/b20-19+. The van der Waals surface area contributed by atoms with Crippen LogP contribution in [0.5, 0.6) is 0 Å². The van der Waals surface area contributed by atoms with Gasteiger partial charge in [0.25, 0.3) is 0 Å². The lowest BCUT2D eigenvalue weighted by molar-refractivity contribution is 0.490. The molecule has 45 heavy (non-hydrogen) atoms. The lowest BCUT2D eigenvalue weighted by atomic mass is 9.73. The van der Waals surface area contributed by atoms with Gasteiger partial charge in [-0.05, 0) is 102 Å². The van der Waals surface area contributed by atoms with Crippen LogP contribution in [0.2, 0.25) is 0 Å². The van der Waals surface area contributed by atoms with E-state index in [-0.39, 0.29) is 5.41 Å². The first-order valence-electron chi connectivity index (χ1n) is 16.0. The summed E-state index contributed by atoms with van der Waals surface area (Å²) >= 11 is 0. The molecule has 1 heterocycles. The number of hydrogen-bond acceptors (Lipinski definition) is 2. The molecule has 0 bridgehead atoms. The minimum Gasteiger partial charge on any atom is -0.310 e. The zero-order valence-corrected chi connectivity index (χ0v) is 26.2. The second kappa shape index (κ2) is 12.1. The number of fused-ring (bicyclic) bond motifs is 3. The monoisotopic (exact) mass is 582 g/mol. The van der Waals surface area contributed by atoms with Crippen molar-refractivity contribution in [2.75, 3.05) is 4.90 Å². The van der Waals surface area contributed by atoms with Crippen LogP contribution in [0.1, 0.15) is 54.6 Å². The number of rotatable bonds is 8. The second-order valence-electron chi connectivity index (χ2n) is 12.0. The number of hydrogen-bond donors (Lipinski definition) is 0. The molecule has 220 valence electrons. The zero-order valence-electron chi connectivity index (χ0n) is 26.2. The van der Waals surface area contributed by atoms with Gasteiger partial charge in [0.05, 0.1) is 5.69 Å². The molecule has 0 saturated carbocycles. The fraction of sp³-hybridized carbons (Fsp3) is 0.140. The Morgan fingerprint density at radius 1 is 0.556 bits per heavy atom. The molecule has 0 fully saturated rings. The van der Waals surface area contributed by atoms with E-state index in [2.05, 4.69) is 169 Å². The number of aryl methyl sites for hydroxylation is 1. The second-order valence-corrected chi connectivity index (χ2v) is 12.0. The maximum atomic E-state index is 4.67. The van der Waals surface area contributed by atoms with Crippen LogP contribution in [0, 0.1) is 6.92 Å². The van der Waals surface area contributed by atoms with E-state index in [1.54, 1.807) is 0 Å². The molecule has 5 aromatic carbocycles. The Labute approximate surface area is 267 Å². The molecule has 0 N–H and O–H groups in total. The van der Waals surface area contributed by atoms with Gasteiger partial charge in [-0.15, -0.1) is 0 Å². The van der Waals surface area contributed by atoms with E-state index in [4.69, 9.17) is 0 Å². The average molecular weight is 583 g/mol. The molecule has 0 amide bonds. The van der Waals surface area contributed by atoms with Gasteiger partial charge >= 0.3 is 0 Å². The van der Waals surface area contributed by atoms with Gasteiger partial charge in [0.15, 0.2) is 0 Å². The van der Waals surface area contributed by atoms with Crippen molar-refractivity contribution in [1.29, 1.82) is 0 Å². The quantitative estimate of drug-likeness (QED) is 0.166. The van der Waals surface area contributed by atoms with Crippen molar-refractivity contribution in [2.45, 2.75) is 39.0 Å². The molecule has 0 saturated heterocycles. The van der Waals surface area contributed by atoms with Crippen molar-refractivity contribution in [3.63, 3.8) is 0 Å². The topological polar surface area (TPSA) is 16.1 Å². The highest BCUT2D eigenvalue weighted by Gasteiger charge is 2.41. The number of benzene rings is 5. The molecule has 0 aliphatic heterocycles. The van der Waals surface area contributed by atoms with E-state index in [0.717, 1.165) is 41.2 Å². The molecular weight excluding hydrogens is 544 g/mol. The van der Waals surface area contributed by atoms with Crippen LogP contribution in [-0.2, 0) is 5.41 Å². The fourth-order valence-electron chi connectivity index (χ4n) is 7.02. The normalized spacial score (nSPS) is 13.0. The minimum atomic E-state index is -0.0357. The maximum absolute atomic E-state index is 4.67. The van der Waals surface area contributed by atoms with Crippen LogP contribution in [0.15, 0.2) is 140 Å². The van der Waals surface area contributed by atoms with Gasteiger partial charge in [-0.3, -0.25) is 4.98 Å². The van der Waals surface area contributed by atoms with Gasteiger partial charge in [0, 0.05) is 33.7 Å². The van der Waals surface area contributed by atoms with Crippen molar-refractivity contribution < 1.29 is 0 Å². The minimum absolute atomic E-state index is 0.0357. The summed E-state index contributed by atoms with van der Waals surface area (Å²) in [4.78, 5) is 7.04. The van der Waals surface area contributed by atoms with Crippen LogP contribution in [0.3, 0.4) is 0 Å². The molecule has 0 radical (unpaired) electrons. The number of para-hydroxylation sites is 2. The van der Waals surface area contributed by atoms with Gasteiger partial charge in [0.2, 0.25) is 0 Å².